The summed E-state index contributed by atoms with van der Waals surface area (Å²) in [6.45, 7) is 8.15. The van der Waals surface area contributed by atoms with Crippen LogP contribution in [-0.4, -0.2) is 36.6 Å². The van der Waals surface area contributed by atoms with Gasteiger partial charge in [-0.2, -0.15) is 0 Å². The summed E-state index contributed by atoms with van der Waals surface area (Å²) in [5.41, 5.74) is 1.45. The van der Waals surface area contributed by atoms with Gasteiger partial charge in [-0.15, -0.1) is 0 Å². The third-order valence-electron chi connectivity index (χ3n) is 3.72. The Kier molecular flexibility index (Phi) is 4.57. The van der Waals surface area contributed by atoms with Gasteiger partial charge in [0.25, 0.3) is 0 Å². The molecule has 1 aliphatic heterocycles. The van der Waals surface area contributed by atoms with E-state index < -0.39 is 0 Å². The molecule has 0 amide bonds. The zero-order chi connectivity index (χ0) is 12.1. The molecule has 94 valence electrons. The average molecular weight is 232 g/mol. The lowest BCUT2D eigenvalue weighted by Crippen LogP contribution is -2.39. The molecule has 0 spiro atoms. The summed E-state index contributed by atoms with van der Waals surface area (Å²) >= 11 is 0. The van der Waals surface area contributed by atoms with E-state index in [2.05, 4.69) is 54.4 Å². The van der Waals surface area contributed by atoms with Crippen molar-refractivity contribution >= 4 is 0 Å². The Balaban J connectivity index is 1.88. The number of benzene rings is 1. The number of nitrogens with zero attached hydrogens (tertiary/aromatic N) is 1. The molecule has 1 aromatic rings. The number of rotatable bonds is 3. The van der Waals surface area contributed by atoms with Crippen LogP contribution in [0.3, 0.4) is 0 Å². The minimum atomic E-state index is 0.621. The Morgan fingerprint density at radius 3 is 2.76 bits per heavy atom. The number of nitrogens with one attached hydrogen (secondary N) is 1. The van der Waals surface area contributed by atoms with E-state index in [1.165, 1.54) is 25.1 Å². The van der Waals surface area contributed by atoms with Gasteiger partial charge in [-0.25, -0.2) is 0 Å². The fourth-order valence-electron chi connectivity index (χ4n) is 2.55. The van der Waals surface area contributed by atoms with Crippen molar-refractivity contribution in [2.75, 3.05) is 19.6 Å². The molecule has 1 N–H and O–H groups in total. The predicted octanol–water partition coefficient (Wildman–Crippen LogP) is 2.30. The van der Waals surface area contributed by atoms with E-state index >= 15 is 0 Å². The van der Waals surface area contributed by atoms with E-state index in [9.17, 15) is 0 Å². The minimum Gasteiger partial charge on any atom is -0.313 e. The lowest BCUT2D eigenvalue weighted by Gasteiger charge is -2.28. The van der Waals surface area contributed by atoms with E-state index in [-0.39, 0.29) is 0 Å². The van der Waals surface area contributed by atoms with Crippen LogP contribution in [-0.2, 0) is 6.42 Å². The first-order chi connectivity index (χ1) is 8.25. The number of hydrogen-bond acceptors (Lipinski definition) is 2. The molecule has 2 atom stereocenters. The SMILES string of the molecule is CC1CN(CCc2ccccc2)C(C)CCN1. The van der Waals surface area contributed by atoms with E-state index in [4.69, 9.17) is 0 Å². The molecule has 0 aliphatic carbocycles. The maximum Gasteiger partial charge on any atom is 0.0166 e. The molecule has 1 aliphatic rings. The van der Waals surface area contributed by atoms with Crippen LogP contribution in [0.1, 0.15) is 25.8 Å². The van der Waals surface area contributed by atoms with Crippen LogP contribution in [0.25, 0.3) is 0 Å². The van der Waals surface area contributed by atoms with E-state index in [0.29, 0.717) is 12.1 Å². The van der Waals surface area contributed by atoms with Gasteiger partial charge in [0.1, 0.15) is 0 Å². The zero-order valence-corrected chi connectivity index (χ0v) is 11.0. The summed E-state index contributed by atoms with van der Waals surface area (Å²) in [4.78, 5) is 2.62. The molecule has 1 aromatic carbocycles. The van der Waals surface area contributed by atoms with Crippen molar-refractivity contribution < 1.29 is 0 Å². The second kappa shape index (κ2) is 6.18. The molecular weight excluding hydrogens is 208 g/mol. The Labute approximate surface area is 105 Å². The van der Waals surface area contributed by atoms with Crippen molar-refractivity contribution in [3.63, 3.8) is 0 Å². The highest BCUT2D eigenvalue weighted by molar-refractivity contribution is 5.14. The van der Waals surface area contributed by atoms with Crippen LogP contribution in [0.5, 0.6) is 0 Å². The first kappa shape index (κ1) is 12.6. The third-order valence-corrected chi connectivity index (χ3v) is 3.72. The Morgan fingerprint density at radius 1 is 1.24 bits per heavy atom. The molecule has 2 nitrogen and oxygen atoms in total. The highest BCUT2D eigenvalue weighted by atomic mass is 15.2. The van der Waals surface area contributed by atoms with Crippen molar-refractivity contribution in [3.8, 4) is 0 Å². The topological polar surface area (TPSA) is 15.3 Å². The highest BCUT2D eigenvalue weighted by Gasteiger charge is 2.19. The fraction of sp³-hybridized carbons (Fsp3) is 0.600. The van der Waals surface area contributed by atoms with Gasteiger partial charge in [0.05, 0.1) is 0 Å². The van der Waals surface area contributed by atoms with Crippen molar-refractivity contribution in [1.82, 2.24) is 10.2 Å². The molecule has 0 saturated carbocycles. The lowest BCUT2D eigenvalue weighted by atomic mass is 10.1. The normalized spacial score (nSPS) is 26.7. The first-order valence-electron chi connectivity index (χ1n) is 6.77. The quantitative estimate of drug-likeness (QED) is 0.860. The zero-order valence-electron chi connectivity index (χ0n) is 11.0. The van der Waals surface area contributed by atoms with Crippen molar-refractivity contribution in [3.05, 3.63) is 35.9 Å². The highest BCUT2D eigenvalue weighted by Crippen LogP contribution is 2.10. The molecule has 0 aromatic heterocycles. The van der Waals surface area contributed by atoms with E-state index in [1.54, 1.807) is 0 Å². The summed E-state index contributed by atoms with van der Waals surface area (Å²) in [6, 6.07) is 12.1. The van der Waals surface area contributed by atoms with Crippen molar-refractivity contribution in [1.29, 1.82) is 0 Å². The molecule has 2 unspecified atom stereocenters. The third kappa shape index (κ3) is 3.83. The lowest BCUT2D eigenvalue weighted by molar-refractivity contribution is 0.210. The van der Waals surface area contributed by atoms with Crippen LogP contribution in [0, 0.1) is 0 Å². The molecular formula is C15H24N2. The second-order valence-electron chi connectivity index (χ2n) is 5.22. The Bertz CT molecular complexity index is 323. The molecule has 0 radical (unpaired) electrons. The first-order valence-corrected chi connectivity index (χ1v) is 6.77. The van der Waals surface area contributed by atoms with E-state index in [0.717, 1.165) is 13.0 Å². The average Bonchev–Trinajstić information content (AvgIpc) is 2.50. The van der Waals surface area contributed by atoms with Crippen LogP contribution in [0.2, 0.25) is 0 Å². The van der Waals surface area contributed by atoms with Gasteiger partial charge in [-0.1, -0.05) is 30.3 Å². The summed E-state index contributed by atoms with van der Waals surface area (Å²) in [5.74, 6) is 0. The summed E-state index contributed by atoms with van der Waals surface area (Å²) in [5, 5.41) is 3.56. The van der Waals surface area contributed by atoms with Crippen molar-refractivity contribution in [2.24, 2.45) is 0 Å². The molecule has 17 heavy (non-hydrogen) atoms. The van der Waals surface area contributed by atoms with Gasteiger partial charge >= 0.3 is 0 Å². The van der Waals surface area contributed by atoms with Gasteiger partial charge < -0.3 is 5.32 Å². The maximum atomic E-state index is 3.56. The minimum absolute atomic E-state index is 0.621. The molecule has 1 fully saturated rings. The van der Waals surface area contributed by atoms with Crippen LogP contribution in [0.15, 0.2) is 30.3 Å². The van der Waals surface area contributed by atoms with Gasteiger partial charge in [0.15, 0.2) is 0 Å². The molecule has 1 heterocycles. The fourth-order valence-corrected chi connectivity index (χ4v) is 2.55. The summed E-state index contributed by atoms with van der Waals surface area (Å²) < 4.78 is 0. The maximum absolute atomic E-state index is 3.56. The summed E-state index contributed by atoms with van der Waals surface area (Å²) in [6.07, 6.45) is 2.43. The van der Waals surface area contributed by atoms with Crippen molar-refractivity contribution in [2.45, 2.75) is 38.8 Å². The molecule has 2 heteroatoms. The van der Waals surface area contributed by atoms with E-state index in [1.807, 2.05) is 0 Å². The molecule has 2 rings (SSSR count). The monoisotopic (exact) mass is 232 g/mol. The second-order valence-corrected chi connectivity index (χ2v) is 5.22. The molecule has 0 bridgehead atoms. The van der Waals surface area contributed by atoms with Gasteiger partial charge in [-0.3, -0.25) is 4.90 Å². The van der Waals surface area contributed by atoms with Crippen LogP contribution < -0.4 is 5.32 Å². The predicted molar refractivity (Wildman–Crippen MR) is 73.3 cm³/mol. The smallest absolute Gasteiger partial charge is 0.0166 e. The van der Waals surface area contributed by atoms with Crippen LogP contribution >= 0.6 is 0 Å². The number of hydrogen-bond donors (Lipinski definition) is 1. The van der Waals surface area contributed by atoms with Gasteiger partial charge in [-0.05, 0) is 38.8 Å². The molecule has 1 saturated heterocycles. The largest absolute Gasteiger partial charge is 0.313 e. The van der Waals surface area contributed by atoms with Gasteiger partial charge in [0, 0.05) is 25.2 Å². The van der Waals surface area contributed by atoms with Gasteiger partial charge in [0.2, 0.25) is 0 Å². The standard InChI is InChI=1S/C15H24N2/c1-13-12-17(14(2)8-10-16-13)11-9-15-6-4-3-5-7-15/h3-7,13-14,16H,8-12H2,1-2H3. The van der Waals surface area contributed by atoms with Crippen LogP contribution in [0.4, 0.5) is 0 Å². The Morgan fingerprint density at radius 2 is 2.00 bits per heavy atom. The Hall–Kier alpha value is -0.860. The summed E-state index contributed by atoms with van der Waals surface area (Å²) in [7, 11) is 0.